The normalized spacial score (nSPS) is 15.7. The highest BCUT2D eigenvalue weighted by atomic mass is 127. The van der Waals surface area contributed by atoms with Gasteiger partial charge in [0.25, 0.3) is 0 Å². The third-order valence-corrected chi connectivity index (χ3v) is 7.75. The Morgan fingerprint density at radius 3 is 1.77 bits per heavy atom. The molecule has 2 rings (SSSR count). The van der Waals surface area contributed by atoms with Crippen LogP contribution in [-0.4, -0.2) is 8.41 Å². The average molecular weight is 520 g/mol. The van der Waals surface area contributed by atoms with E-state index < -0.39 is 0 Å². The topological polar surface area (TPSA) is 12.9 Å². The molecule has 0 radical (unpaired) electrons. The minimum Gasteiger partial charge on any atom is -0.261 e. The van der Waals surface area contributed by atoms with E-state index in [2.05, 4.69) is 127 Å². The molecule has 2 aromatic rings. The van der Waals surface area contributed by atoms with E-state index in [1.165, 1.54) is 11.3 Å². The largest absolute Gasteiger partial charge is 0.261 e. The van der Waals surface area contributed by atoms with Gasteiger partial charge in [-0.25, -0.2) is 0 Å². The Morgan fingerprint density at radius 2 is 1.30 bits per heavy atom. The number of pyridine rings is 1. The van der Waals surface area contributed by atoms with E-state index in [-0.39, 0.29) is 19.7 Å². The highest BCUT2D eigenvalue weighted by molar-refractivity contribution is 14.1. The van der Waals surface area contributed by atoms with E-state index in [0.29, 0.717) is 11.8 Å². The first-order valence-electron chi connectivity index (χ1n) is 11.3. The zero-order chi connectivity index (χ0) is 22.8. The maximum absolute atomic E-state index is 4.77. The van der Waals surface area contributed by atoms with E-state index in [4.69, 9.17) is 4.98 Å². The Morgan fingerprint density at radius 1 is 0.733 bits per heavy atom. The average Bonchev–Trinajstić information content (AvgIpc) is 2.64. The molecule has 0 bridgehead atoms. The van der Waals surface area contributed by atoms with E-state index in [1.807, 2.05) is 12.3 Å². The molecule has 2 unspecified atom stereocenters. The van der Waals surface area contributed by atoms with Crippen LogP contribution in [0.4, 0.5) is 0 Å². The standard InChI is InChI=1S/C28H42IN/c1-25(2,3)23(24-17-13-14-18-30-24)19-26(4,5)28(8,9)22(20-27(6,7)29)21-15-11-10-12-16-21/h10-18,22-23H,19-20H2,1-9H3. The number of rotatable bonds is 8. The molecule has 1 aromatic carbocycles. The van der Waals surface area contributed by atoms with Crippen molar-refractivity contribution in [1.82, 2.24) is 4.98 Å². The first-order valence-corrected chi connectivity index (χ1v) is 12.4. The first kappa shape index (κ1) is 25.4. The van der Waals surface area contributed by atoms with Gasteiger partial charge in [-0.05, 0) is 52.7 Å². The van der Waals surface area contributed by atoms with Gasteiger partial charge in [-0.15, -0.1) is 0 Å². The molecule has 0 fully saturated rings. The summed E-state index contributed by atoms with van der Waals surface area (Å²) in [6.07, 6.45) is 4.22. The third-order valence-electron chi connectivity index (χ3n) is 7.31. The molecular weight excluding hydrogens is 477 g/mol. The van der Waals surface area contributed by atoms with Crippen molar-refractivity contribution < 1.29 is 0 Å². The maximum atomic E-state index is 4.77. The molecule has 1 heterocycles. The van der Waals surface area contributed by atoms with Crippen molar-refractivity contribution in [3.63, 3.8) is 0 Å². The Kier molecular flexibility index (Phi) is 7.86. The molecule has 0 amide bonds. The molecule has 1 aromatic heterocycles. The van der Waals surface area contributed by atoms with Crippen LogP contribution in [0.5, 0.6) is 0 Å². The van der Waals surface area contributed by atoms with E-state index >= 15 is 0 Å². The number of alkyl halides is 1. The van der Waals surface area contributed by atoms with E-state index in [0.717, 1.165) is 12.8 Å². The highest BCUT2D eigenvalue weighted by Crippen LogP contribution is 2.57. The van der Waals surface area contributed by atoms with Crippen molar-refractivity contribution in [2.45, 2.75) is 90.4 Å². The summed E-state index contributed by atoms with van der Waals surface area (Å²) >= 11 is 2.62. The lowest BCUT2D eigenvalue weighted by Gasteiger charge is -2.51. The van der Waals surface area contributed by atoms with Crippen molar-refractivity contribution in [2.75, 3.05) is 0 Å². The summed E-state index contributed by atoms with van der Waals surface area (Å²) in [6.45, 7) is 21.7. The van der Waals surface area contributed by atoms with Crippen molar-refractivity contribution in [1.29, 1.82) is 0 Å². The van der Waals surface area contributed by atoms with Crippen LogP contribution in [0, 0.1) is 16.2 Å². The van der Waals surface area contributed by atoms with Gasteiger partial charge in [-0.2, -0.15) is 0 Å². The van der Waals surface area contributed by atoms with Crippen LogP contribution in [0.2, 0.25) is 0 Å². The van der Waals surface area contributed by atoms with Crippen molar-refractivity contribution >= 4 is 22.6 Å². The fraction of sp³-hybridized carbons (Fsp3) is 0.607. The van der Waals surface area contributed by atoms with Crippen LogP contribution in [-0.2, 0) is 0 Å². The molecule has 1 nitrogen and oxygen atoms in total. The molecule has 0 saturated carbocycles. The second kappa shape index (κ2) is 9.30. The van der Waals surface area contributed by atoms with Crippen molar-refractivity contribution in [3.05, 3.63) is 66.0 Å². The summed E-state index contributed by atoms with van der Waals surface area (Å²) in [6, 6.07) is 17.5. The predicted octanol–water partition coefficient (Wildman–Crippen LogP) is 9.04. The van der Waals surface area contributed by atoms with Gasteiger partial charge in [-0.3, -0.25) is 4.98 Å². The van der Waals surface area contributed by atoms with Gasteiger partial charge in [0.2, 0.25) is 0 Å². The van der Waals surface area contributed by atoms with Crippen LogP contribution in [0.25, 0.3) is 0 Å². The number of halogens is 1. The van der Waals surface area contributed by atoms with Crippen molar-refractivity contribution in [3.8, 4) is 0 Å². The summed E-state index contributed by atoms with van der Waals surface area (Å²) < 4.78 is 0.246. The number of hydrogen-bond donors (Lipinski definition) is 0. The van der Waals surface area contributed by atoms with Gasteiger partial charge in [0, 0.05) is 21.2 Å². The SMILES string of the molecule is CC(C)(I)CC(c1ccccc1)C(C)(C)C(C)(C)CC(c1ccccn1)C(C)(C)C. The van der Waals surface area contributed by atoms with E-state index in [1.54, 1.807) is 0 Å². The zero-order valence-corrected chi connectivity index (χ0v) is 22.7. The lowest BCUT2D eigenvalue weighted by atomic mass is 9.54. The van der Waals surface area contributed by atoms with Crippen LogP contribution in [0.15, 0.2) is 54.7 Å². The summed E-state index contributed by atoms with van der Waals surface area (Å²) in [5, 5.41) is 0. The van der Waals surface area contributed by atoms with Crippen LogP contribution < -0.4 is 0 Å². The number of nitrogens with zero attached hydrogens (tertiary/aromatic N) is 1. The second-order valence-electron chi connectivity index (χ2n) is 11.9. The Labute approximate surface area is 199 Å². The Hall–Kier alpha value is -0.900. The molecule has 2 heteroatoms. The fourth-order valence-corrected chi connectivity index (χ4v) is 5.08. The Balaban J connectivity index is 2.47. The third kappa shape index (κ3) is 6.31. The lowest BCUT2D eigenvalue weighted by molar-refractivity contribution is 0.0386. The first-order chi connectivity index (χ1) is 13.7. The minimum atomic E-state index is 0.120. The molecule has 0 aliphatic rings. The van der Waals surface area contributed by atoms with Crippen LogP contribution in [0.1, 0.15) is 98.2 Å². The predicted molar refractivity (Wildman–Crippen MR) is 141 cm³/mol. The highest BCUT2D eigenvalue weighted by Gasteiger charge is 2.47. The Bertz CT molecular complexity index is 779. The van der Waals surface area contributed by atoms with Crippen molar-refractivity contribution in [2.24, 2.45) is 16.2 Å². The van der Waals surface area contributed by atoms with Gasteiger partial charge in [0.15, 0.2) is 0 Å². The second-order valence-corrected chi connectivity index (χ2v) is 14.8. The number of hydrogen-bond acceptors (Lipinski definition) is 1. The molecular formula is C28H42IN. The molecule has 2 atom stereocenters. The summed E-state index contributed by atoms with van der Waals surface area (Å²) in [4.78, 5) is 4.77. The molecule has 0 spiro atoms. The number of aromatic nitrogens is 1. The summed E-state index contributed by atoms with van der Waals surface area (Å²) in [5.41, 5.74) is 3.09. The number of benzene rings is 1. The molecule has 30 heavy (non-hydrogen) atoms. The van der Waals surface area contributed by atoms with E-state index in [9.17, 15) is 0 Å². The summed E-state index contributed by atoms with van der Waals surface area (Å²) in [5.74, 6) is 0.905. The fourth-order valence-electron chi connectivity index (χ4n) is 4.64. The molecule has 0 saturated heterocycles. The molecule has 0 N–H and O–H groups in total. The smallest absolute Gasteiger partial charge is 0.0439 e. The molecule has 0 aliphatic carbocycles. The van der Waals surface area contributed by atoms with Gasteiger partial charge in [0.1, 0.15) is 0 Å². The quantitative estimate of drug-likeness (QED) is 0.250. The molecule has 0 aliphatic heterocycles. The monoisotopic (exact) mass is 519 g/mol. The van der Waals surface area contributed by atoms with Crippen LogP contribution >= 0.6 is 22.6 Å². The molecule has 166 valence electrons. The van der Waals surface area contributed by atoms with Gasteiger partial charge in [-0.1, -0.05) is 121 Å². The lowest BCUT2D eigenvalue weighted by Crippen LogP contribution is -2.42. The van der Waals surface area contributed by atoms with Gasteiger partial charge in [0.05, 0.1) is 0 Å². The van der Waals surface area contributed by atoms with Crippen LogP contribution in [0.3, 0.4) is 0 Å². The minimum absolute atomic E-state index is 0.120. The zero-order valence-electron chi connectivity index (χ0n) is 20.6. The van der Waals surface area contributed by atoms with Gasteiger partial charge >= 0.3 is 0 Å². The van der Waals surface area contributed by atoms with Gasteiger partial charge < -0.3 is 0 Å². The maximum Gasteiger partial charge on any atom is 0.0439 e. The summed E-state index contributed by atoms with van der Waals surface area (Å²) in [7, 11) is 0.